The molecular formula is C18H18ClFO. The summed E-state index contributed by atoms with van der Waals surface area (Å²) in [4.78, 5) is 0. The van der Waals surface area contributed by atoms with E-state index in [1.807, 2.05) is 12.1 Å². The number of aliphatic hydroxyl groups is 1. The molecule has 0 aliphatic heterocycles. The van der Waals surface area contributed by atoms with Crippen LogP contribution in [0.25, 0.3) is 0 Å². The Balaban J connectivity index is 2.04. The van der Waals surface area contributed by atoms with Crippen molar-refractivity contribution in [3.63, 3.8) is 0 Å². The second-order valence-corrected chi connectivity index (χ2v) is 6.25. The van der Waals surface area contributed by atoms with Gasteiger partial charge in [0.05, 0.1) is 11.6 Å². The maximum Gasteiger partial charge on any atom is 0.145 e. The van der Waals surface area contributed by atoms with Gasteiger partial charge in [0.25, 0.3) is 0 Å². The summed E-state index contributed by atoms with van der Waals surface area (Å²) < 4.78 is 14.2. The molecule has 0 saturated heterocycles. The quantitative estimate of drug-likeness (QED) is 0.897. The average molecular weight is 305 g/mol. The first kappa shape index (κ1) is 14.6. The van der Waals surface area contributed by atoms with Crippen molar-refractivity contribution in [2.24, 2.45) is 0 Å². The highest BCUT2D eigenvalue weighted by atomic mass is 35.5. The van der Waals surface area contributed by atoms with Crippen LogP contribution in [0.1, 0.15) is 29.5 Å². The molecule has 1 aliphatic carbocycles. The molecule has 1 aliphatic rings. The Kier molecular flexibility index (Phi) is 4.01. The molecular weight excluding hydrogens is 287 g/mol. The van der Waals surface area contributed by atoms with E-state index >= 15 is 0 Å². The third-order valence-corrected chi connectivity index (χ3v) is 4.85. The average Bonchev–Trinajstić information content (AvgIpc) is 2.52. The summed E-state index contributed by atoms with van der Waals surface area (Å²) in [6, 6.07) is 13.3. The Morgan fingerprint density at radius 1 is 1.14 bits per heavy atom. The molecule has 2 aromatic rings. The first-order chi connectivity index (χ1) is 10.2. The van der Waals surface area contributed by atoms with E-state index in [1.54, 1.807) is 18.2 Å². The van der Waals surface area contributed by atoms with Crippen LogP contribution >= 0.6 is 11.6 Å². The Morgan fingerprint density at radius 3 is 2.76 bits per heavy atom. The monoisotopic (exact) mass is 304 g/mol. The number of fused-ring (bicyclic) bond motifs is 1. The first-order valence-corrected chi connectivity index (χ1v) is 7.66. The number of rotatable bonds is 3. The second kappa shape index (κ2) is 5.78. The van der Waals surface area contributed by atoms with Crippen molar-refractivity contribution in [3.05, 3.63) is 70.0 Å². The molecule has 1 N–H and O–H groups in total. The molecule has 0 fully saturated rings. The van der Waals surface area contributed by atoms with Gasteiger partial charge in [-0.15, -0.1) is 0 Å². The van der Waals surface area contributed by atoms with Crippen LogP contribution < -0.4 is 0 Å². The van der Waals surface area contributed by atoms with Gasteiger partial charge in [-0.2, -0.15) is 0 Å². The van der Waals surface area contributed by atoms with Crippen molar-refractivity contribution in [3.8, 4) is 0 Å². The van der Waals surface area contributed by atoms with Crippen LogP contribution in [0.5, 0.6) is 0 Å². The van der Waals surface area contributed by atoms with Gasteiger partial charge >= 0.3 is 0 Å². The highest BCUT2D eigenvalue weighted by Gasteiger charge is 2.36. The predicted molar refractivity (Wildman–Crippen MR) is 83.3 cm³/mol. The van der Waals surface area contributed by atoms with Crippen LogP contribution in [0, 0.1) is 5.82 Å². The Bertz CT molecular complexity index is 655. The molecule has 0 heterocycles. The minimum atomic E-state index is -0.402. The number of aliphatic hydroxyl groups excluding tert-OH is 1. The fourth-order valence-corrected chi connectivity index (χ4v) is 3.65. The number of hydrogen-bond acceptors (Lipinski definition) is 1. The Morgan fingerprint density at radius 2 is 1.95 bits per heavy atom. The number of benzene rings is 2. The fourth-order valence-electron chi connectivity index (χ4n) is 3.46. The zero-order chi connectivity index (χ0) is 14.9. The highest BCUT2D eigenvalue weighted by molar-refractivity contribution is 6.30. The van der Waals surface area contributed by atoms with Crippen LogP contribution in [0.4, 0.5) is 4.39 Å². The van der Waals surface area contributed by atoms with E-state index in [4.69, 9.17) is 11.6 Å². The van der Waals surface area contributed by atoms with Gasteiger partial charge in [-0.1, -0.05) is 48.0 Å². The summed E-state index contributed by atoms with van der Waals surface area (Å²) in [6.45, 7) is 0.0238. The molecule has 0 saturated carbocycles. The van der Waals surface area contributed by atoms with Crippen molar-refractivity contribution < 1.29 is 9.50 Å². The van der Waals surface area contributed by atoms with E-state index in [1.165, 1.54) is 5.56 Å². The maximum absolute atomic E-state index is 14.2. The normalized spacial score (nSPS) is 21.1. The summed E-state index contributed by atoms with van der Waals surface area (Å²) in [5.41, 5.74) is 2.59. The van der Waals surface area contributed by atoms with Crippen LogP contribution in [-0.4, -0.2) is 11.7 Å². The molecule has 1 atom stereocenters. The van der Waals surface area contributed by atoms with E-state index in [2.05, 4.69) is 12.1 Å². The van der Waals surface area contributed by atoms with Gasteiger partial charge in [0.2, 0.25) is 0 Å². The van der Waals surface area contributed by atoms with Crippen LogP contribution in [0.15, 0.2) is 42.5 Å². The van der Waals surface area contributed by atoms with Gasteiger partial charge in [0, 0.05) is 5.41 Å². The molecule has 110 valence electrons. The van der Waals surface area contributed by atoms with Crippen LogP contribution in [0.3, 0.4) is 0 Å². The zero-order valence-electron chi connectivity index (χ0n) is 11.8. The first-order valence-electron chi connectivity index (χ1n) is 7.28. The lowest BCUT2D eigenvalue weighted by atomic mass is 9.67. The molecule has 0 bridgehead atoms. The van der Waals surface area contributed by atoms with Gasteiger partial charge in [0.15, 0.2) is 0 Å². The maximum atomic E-state index is 14.2. The lowest BCUT2D eigenvalue weighted by Gasteiger charge is -2.38. The lowest BCUT2D eigenvalue weighted by Crippen LogP contribution is -2.37. The van der Waals surface area contributed by atoms with E-state index in [9.17, 15) is 9.50 Å². The third-order valence-electron chi connectivity index (χ3n) is 4.55. The molecule has 0 amide bonds. The molecule has 1 nitrogen and oxygen atoms in total. The minimum absolute atomic E-state index is 0.0238. The van der Waals surface area contributed by atoms with E-state index in [-0.39, 0.29) is 17.4 Å². The van der Waals surface area contributed by atoms with Crippen LogP contribution in [0.2, 0.25) is 5.02 Å². The molecule has 0 aromatic heterocycles. The van der Waals surface area contributed by atoms with E-state index in [0.717, 1.165) is 24.8 Å². The minimum Gasteiger partial charge on any atom is -0.395 e. The molecule has 0 spiro atoms. The van der Waals surface area contributed by atoms with Crippen molar-refractivity contribution in [1.82, 2.24) is 0 Å². The standard InChI is InChI=1S/C18H18ClFO/c19-16-9-3-6-14(17(16)20)11-18(12-21)10-4-7-13-5-1-2-8-15(13)18/h1-3,5-6,8-9,21H,4,7,10-12H2. The molecule has 3 rings (SSSR count). The summed E-state index contributed by atoms with van der Waals surface area (Å²) in [6.07, 6.45) is 3.38. The smallest absolute Gasteiger partial charge is 0.145 e. The van der Waals surface area contributed by atoms with Gasteiger partial charge in [-0.3, -0.25) is 0 Å². The summed E-state index contributed by atoms with van der Waals surface area (Å²) in [5, 5.41) is 10.2. The summed E-state index contributed by atoms with van der Waals surface area (Å²) in [7, 11) is 0. The van der Waals surface area contributed by atoms with E-state index < -0.39 is 5.41 Å². The number of aryl methyl sites for hydroxylation is 1. The number of hydrogen-bond donors (Lipinski definition) is 1. The molecule has 21 heavy (non-hydrogen) atoms. The third kappa shape index (κ3) is 2.58. The fraction of sp³-hybridized carbons (Fsp3) is 0.333. The van der Waals surface area contributed by atoms with Gasteiger partial charge < -0.3 is 5.11 Å². The van der Waals surface area contributed by atoms with Crippen molar-refractivity contribution in [1.29, 1.82) is 0 Å². The largest absolute Gasteiger partial charge is 0.395 e. The Labute approximate surface area is 129 Å². The SMILES string of the molecule is OCC1(Cc2cccc(Cl)c2F)CCCc2ccccc21. The zero-order valence-corrected chi connectivity index (χ0v) is 12.5. The highest BCUT2D eigenvalue weighted by Crippen LogP contribution is 2.40. The molecule has 2 aromatic carbocycles. The van der Waals surface area contributed by atoms with Gasteiger partial charge in [-0.25, -0.2) is 4.39 Å². The summed E-state index contributed by atoms with van der Waals surface area (Å²) in [5.74, 6) is -0.366. The second-order valence-electron chi connectivity index (χ2n) is 5.84. The molecule has 1 unspecified atom stereocenters. The van der Waals surface area contributed by atoms with E-state index in [0.29, 0.717) is 12.0 Å². The van der Waals surface area contributed by atoms with Gasteiger partial charge in [-0.05, 0) is 48.4 Å². The topological polar surface area (TPSA) is 20.2 Å². The van der Waals surface area contributed by atoms with Gasteiger partial charge in [0.1, 0.15) is 5.82 Å². The number of halogens is 2. The predicted octanol–water partition coefficient (Wildman–Crippen LogP) is 4.29. The van der Waals surface area contributed by atoms with Crippen molar-refractivity contribution >= 4 is 11.6 Å². The van der Waals surface area contributed by atoms with Crippen LogP contribution in [-0.2, 0) is 18.3 Å². The lowest BCUT2D eigenvalue weighted by molar-refractivity contribution is 0.172. The Hall–Kier alpha value is -1.38. The van der Waals surface area contributed by atoms with Crippen molar-refractivity contribution in [2.75, 3.05) is 6.61 Å². The summed E-state index contributed by atoms with van der Waals surface area (Å²) >= 11 is 5.88. The molecule has 3 heteroatoms. The molecule has 0 radical (unpaired) electrons. The van der Waals surface area contributed by atoms with Crippen molar-refractivity contribution in [2.45, 2.75) is 31.1 Å².